The van der Waals surface area contributed by atoms with Gasteiger partial charge in [0.2, 0.25) is 5.91 Å². The third kappa shape index (κ3) is 5.90. The highest BCUT2D eigenvalue weighted by Crippen LogP contribution is 2.13. The molecule has 0 unspecified atom stereocenters. The number of hydrogen-bond donors (Lipinski definition) is 2. The fraction of sp³-hybridized carbons (Fsp3) is 0.500. The number of benzene rings is 1. The number of rotatable bonds is 7. The van der Waals surface area contributed by atoms with Gasteiger partial charge in [-0.2, -0.15) is 0 Å². The predicted molar refractivity (Wildman–Crippen MR) is 89.1 cm³/mol. The average Bonchev–Trinajstić information content (AvgIpc) is 2.53. The summed E-state index contributed by atoms with van der Waals surface area (Å²) in [6.07, 6.45) is 3.59. The standard InChI is InChI=1S/C18H26N2O2/c1-14(2)13-22-17-5-3-15(4-6-17)11-18(21)20-12-16-7-9-19-10-8-16/h3-7,14,19H,8-13H2,1-2H3,(H,20,21). The van der Waals surface area contributed by atoms with Crippen LogP contribution in [0.3, 0.4) is 0 Å². The minimum Gasteiger partial charge on any atom is -0.493 e. The minimum absolute atomic E-state index is 0.0651. The molecule has 0 saturated heterocycles. The Bertz CT molecular complexity index is 506. The van der Waals surface area contributed by atoms with Crippen LogP contribution in [-0.4, -0.2) is 32.1 Å². The second-order valence-electron chi connectivity index (χ2n) is 6.12. The van der Waals surface area contributed by atoms with Crippen LogP contribution >= 0.6 is 0 Å². The highest BCUT2D eigenvalue weighted by atomic mass is 16.5. The van der Waals surface area contributed by atoms with Gasteiger partial charge in [0.05, 0.1) is 13.0 Å². The predicted octanol–water partition coefficient (Wildman–Crippen LogP) is 2.30. The molecule has 4 nitrogen and oxygen atoms in total. The van der Waals surface area contributed by atoms with Crippen molar-refractivity contribution in [2.24, 2.45) is 5.92 Å². The lowest BCUT2D eigenvalue weighted by atomic mass is 10.1. The van der Waals surface area contributed by atoms with E-state index in [0.717, 1.165) is 30.8 Å². The van der Waals surface area contributed by atoms with Crippen molar-refractivity contribution in [3.05, 3.63) is 41.5 Å². The molecule has 4 heteroatoms. The first kappa shape index (κ1) is 16.6. The van der Waals surface area contributed by atoms with Gasteiger partial charge in [0.25, 0.3) is 0 Å². The van der Waals surface area contributed by atoms with Crippen molar-refractivity contribution in [2.75, 3.05) is 26.2 Å². The fourth-order valence-corrected chi connectivity index (χ4v) is 2.26. The van der Waals surface area contributed by atoms with E-state index < -0.39 is 0 Å². The number of amides is 1. The van der Waals surface area contributed by atoms with Gasteiger partial charge in [-0.3, -0.25) is 4.79 Å². The van der Waals surface area contributed by atoms with Gasteiger partial charge in [0.1, 0.15) is 5.75 Å². The van der Waals surface area contributed by atoms with E-state index in [4.69, 9.17) is 4.74 Å². The molecule has 0 fully saturated rings. The van der Waals surface area contributed by atoms with Crippen LogP contribution in [0, 0.1) is 5.92 Å². The zero-order chi connectivity index (χ0) is 15.8. The van der Waals surface area contributed by atoms with Crippen molar-refractivity contribution in [3.8, 4) is 5.75 Å². The first-order chi connectivity index (χ1) is 10.6. The summed E-state index contributed by atoms with van der Waals surface area (Å²) in [6.45, 7) is 7.52. The van der Waals surface area contributed by atoms with Gasteiger partial charge in [-0.05, 0) is 36.6 Å². The van der Waals surface area contributed by atoms with Crippen molar-refractivity contribution in [1.82, 2.24) is 10.6 Å². The maximum atomic E-state index is 12.0. The van der Waals surface area contributed by atoms with Gasteiger partial charge in [0.15, 0.2) is 0 Å². The van der Waals surface area contributed by atoms with Crippen LogP contribution < -0.4 is 15.4 Å². The second-order valence-corrected chi connectivity index (χ2v) is 6.12. The van der Waals surface area contributed by atoms with Gasteiger partial charge >= 0.3 is 0 Å². The summed E-state index contributed by atoms with van der Waals surface area (Å²) < 4.78 is 5.64. The lowest BCUT2D eigenvalue weighted by Crippen LogP contribution is -2.30. The van der Waals surface area contributed by atoms with E-state index in [9.17, 15) is 4.79 Å². The number of hydrogen-bond acceptors (Lipinski definition) is 3. The molecule has 0 aromatic heterocycles. The molecule has 1 aliphatic rings. The molecule has 120 valence electrons. The second kappa shape index (κ2) is 8.59. The Morgan fingerprint density at radius 2 is 2.09 bits per heavy atom. The van der Waals surface area contributed by atoms with Crippen LogP contribution in [-0.2, 0) is 11.2 Å². The molecule has 0 spiro atoms. The van der Waals surface area contributed by atoms with Crippen LogP contribution in [0.2, 0.25) is 0 Å². The molecule has 1 heterocycles. The average molecular weight is 302 g/mol. The Labute approximate surface area is 132 Å². The molecule has 1 aromatic carbocycles. The van der Waals surface area contributed by atoms with Crippen molar-refractivity contribution in [2.45, 2.75) is 26.7 Å². The molecule has 0 bridgehead atoms. The molecular formula is C18H26N2O2. The normalized spacial score (nSPS) is 14.6. The van der Waals surface area contributed by atoms with Gasteiger partial charge in [-0.25, -0.2) is 0 Å². The zero-order valence-corrected chi connectivity index (χ0v) is 13.5. The largest absolute Gasteiger partial charge is 0.493 e. The van der Waals surface area contributed by atoms with Crippen LogP contribution in [0.1, 0.15) is 25.8 Å². The van der Waals surface area contributed by atoms with Gasteiger partial charge in [-0.15, -0.1) is 0 Å². The van der Waals surface area contributed by atoms with Gasteiger partial charge < -0.3 is 15.4 Å². The first-order valence-electron chi connectivity index (χ1n) is 8.00. The number of carbonyl (C=O) groups excluding carboxylic acids is 1. The highest BCUT2D eigenvalue weighted by molar-refractivity contribution is 5.78. The van der Waals surface area contributed by atoms with Crippen molar-refractivity contribution < 1.29 is 9.53 Å². The summed E-state index contributed by atoms with van der Waals surface area (Å²) in [5.41, 5.74) is 2.32. The summed E-state index contributed by atoms with van der Waals surface area (Å²) in [4.78, 5) is 12.0. The van der Waals surface area contributed by atoms with E-state index in [-0.39, 0.29) is 5.91 Å². The SMILES string of the molecule is CC(C)COc1ccc(CC(=O)NCC2=CCNCC2)cc1. The summed E-state index contributed by atoms with van der Waals surface area (Å²) in [6, 6.07) is 7.78. The minimum atomic E-state index is 0.0651. The molecule has 1 aromatic rings. The van der Waals surface area contributed by atoms with E-state index in [1.807, 2.05) is 24.3 Å². The maximum absolute atomic E-state index is 12.0. The quantitative estimate of drug-likeness (QED) is 0.760. The summed E-state index contributed by atoms with van der Waals surface area (Å²) >= 11 is 0. The van der Waals surface area contributed by atoms with Crippen LogP contribution in [0.25, 0.3) is 0 Å². The number of carbonyl (C=O) groups is 1. The third-order valence-corrected chi connectivity index (χ3v) is 3.54. The molecule has 2 N–H and O–H groups in total. The topological polar surface area (TPSA) is 50.4 Å². The Kier molecular flexibility index (Phi) is 6.46. The molecule has 1 aliphatic heterocycles. The summed E-state index contributed by atoms with van der Waals surface area (Å²) in [7, 11) is 0. The Morgan fingerprint density at radius 3 is 2.73 bits per heavy atom. The van der Waals surface area contributed by atoms with Crippen molar-refractivity contribution in [1.29, 1.82) is 0 Å². The lowest BCUT2D eigenvalue weighted by Gasteiger charge is -2.14. The number of ether oxygens (including phenoxy) is 1. The molecule has 0 aliphatic carbocycles. The summed E-state index contributed by atoms with van der Waals surface area (Å²) in [5, 5.41) is 6.25. The Morgan fingerprint density at radius 1 is 1.32 bits per heavy atom. The van der Waals surface area contributed by atoms with E-state index in [0.29, 0.717) is 25.5 Å². The molecule has 22 heavy (non-hydrogen) atoms. The summed E-state index contributed by atoms with van der Waals surface area (Å²) in [5.74, 6) is 1.43. The Hall–Kier alpha value is -1.81. The van der Waals surface area contributed by atoms with Gasteiger partial charge in [-0.1, -0.05) is 37.6 Å². The van der Waals surface area contributed by atoms with Gasteiger partial charge in [0, 0.05) is 13.1 Å². The van der Waals surface area contributed by atoms with Crippen molar-refractivity contribution in [3.63, 3.8) is 0 Å². The molecule has 2 rings (SSSR count). The molecule has 0 saturated carbocycles. The van der Waals surface area contributed by atoms with E-state index in [1.165, 1.54) is 5.57 Å². The molecule has 1 amide bonds. The fourth-order valence-electron chi connectivity index (χ4n) is 2.26. The molecule has 0 radical (unpaired) electrons. The number of nitrogens with one attached hydrogen (secondary N) is 2. The van der Waals surface area contributed by atoms with E-state index in [2.05, 4.69) is 30.6 Å². The smallest absolute Gasteiger partial charge is 0.224 e. The van der Waals surface area contributed by atoms with E-state index in [1.54, 1.807) is 0 Å². The zero-order valence-electron chi connectivity index (χ0n) is 13.5. The monoisotopic (exact) mass is 302 g/mol. The highest BCUT2D eigenvalue weighted by Gasteiger charge is 2.07. The van der Waals surface area contributed by atoms with Crippen LogP contribution in [0.5, 0.6) is 5.75 Å². The first-order valence-corrected chi connectivity index (χ1v) is 8.00. The van der Waals surface area contributed by atoms with Crippen molar-refractivity contribution >= 4 is 5.91 Å². The third-order valence-electron chi connectivity index (χ3n) is 3.54. The Balaban J connectivity index is 1.75. The van der Waals surface area contributed by atoms with Crippen LogP contribution in [0.4, 0.5) is 0 Å². The van der Waals surface area contributed by atoms with E-state index >= 15 is 0 Å². The lowest BCUT2D eigenvalue weighted by molar-refractivity contribution is -0.120. The maximum Gasteiger partial charge on any atom is 0.224 e. The van der Waals surface area contributed by atoms with Crippen LogP contribution in [0.15, 0.2) is 35.9 Å². The molecule has 0 atom stereocenters. The molecular weight excluding hydrogens is 276 g/mol.